The van der Waals surface area contributed by atoms with Crippen LogP contribution >= 0.6 is 0 Å². The lowest BCUT2D eigenvalue weighted by Crippen LogP contribution is -2.39. The van der Waals surface area contributed by atoms with Gasteiger partial charge in [0.05, 0.1) is 34.0 Å². The van der Waals surface area contributed by atoms with Crippen molar-refractivity contribution in [1.82, 2.24) is 5.32 Å². The Morgan fingerprint density at radius 2 is 1.49 bits per heavy atom. The summed E-state index contributed by atoms with van der Waals surface area (Å²) in [6, 6.07) is 16.6. The van der Waals surface area contributed by atoms with Crippen LogP contribution in [0.4, 0.5) is 0 Å². The van der Waals surface area contributed by atoms with Crippen molar-refractivity contribution < 1.29 is 38.1 Å². The molecule has 0 aliphatic carbocycles. The molecule has 0 aliphatic heterocycles. The predicted molar refractivity (Wildman–Crippen MR) is 144 cm³/mol. The van der Waals surface area contributed by atoms with E-state index in [9.17, 15) is 14.4 Å². The molecule has 0 bridgehead atoms. The van der Waals surface area contributed by atoms with Crippen molar-refractivity contribution in [2.24, 2.45) is 5.73 Å². The minimum Gasteiger partial charge on any atom is -0.497 e. The molecule has 0 unspecified atom stereocenters. The van der Waals surface area contributed by atoms with Crippen molar-refractivity contribution >= 4 is 17.8 Å². The zero-order chi connectivity index (χ0) is 28.4. The van der Waals surface area contributed by atoms with Gasteiger partial charge in [0.15, 0.2) is 11.5 Å². The van der Waals surface area contributed by atoms with Gasteiger partial charge >= 0.3 is 11.9 Å². The first-order valence-electron chi connectivity index (χ1n) is 12.1. The van der Waals surface area contributed by atoms with Crippen LogP contribution in [0.3, 0.4) is 0 Å². The molecule has 10 heteroatoms. The van der Waals surface area contributed by atoms with Crippen LogP contribution in [0.2, 0.25) is 0 Å². The molecule has 39 heavy (non-hydrogen) atoms. The molecule has 0 radical (unpaired) electrons. The van der Waals surface area contributed by atoms with E-state index in [0.29, 0.717) is 28.6 Å². The summed E-state index contributed by atoms with van der Waals surface area (Å²) in [5.41, 5.74) is 7.97. The number of hydrogen-bond donors (Lipinski definition) is 2. The maximum Gasteiger partial charge on any atom is 0.345 e. The monoisotopic (exact) mass is 536 g/mol. The van der Waals surface area contributed by atoms with E-state index < -0.39 is 23.9 Å². The van der Waals surface area contributed by atoms with Gasteiger partial charge in [0.25, 0.3) is 0 Å². The van der Waals surface area contributed by atoms with Crippen molar-refractivity contribution in [3.05, 3.63) is 71.8 Å². The van der Waals surface area contributed by atoms with Gasteiger partial charge in [-0.25, -0.2) is 9.59 Å². The Morgan fingerprint density at radius 1 is 0.821 bits per heavy atom. The van der Waals surface area contributed by atoms with Gasteiger partial charge in [-0.2, -0.15) is 0 Å². The number of rotatable bonds is 13. The number of primary amides is 1. The highest BCUT2D eigenvalue weighted by Gasteiger charge is 2.24. The normalized spacial score (nSPS) is 11.3. The number of nitrogens with one attached hydrogen (secondary N) is 1. The van der Waals surface area contributed by atoms with Gasteiger partial charge in [0.1, 0.15) is 11.8 Å². The van der Waals surface area contributed by atoms with Gasteiger partial charge in [0.2, 0.25) is 11.7 Å². The number of ether oxygens (including phenoxy) is 5. The first-order valence-corrected chi connectivity index (χ1v) is 12.1. The molecule has 0 spiro atoms. The molecule has 3 aromatic carbocycles. The van der Waals surface area contributed by atoms with Crippen molar-refractivity contribution in [3.63, 3.8) is 0 Å². The van der Waals surface area contributed by atoms with Crippen LogP contribution in [0.5, 0.6) is 23.0 Å². The third kappa shape index (κ3) is 7.71. The molecule has 3 rings (SSSR count). The van der Waals surface area contributed by atoms with Gasteiger partial charge in [-0.3, -0.25) is 4.79 Å². The van der Waals surface area contributed by atoms with Crippen LogP contribution in [0, 0.1) is 0 Å². The highest BCUT2D eigenvalue weighted by Crippen LogP contribution is 2.38. The van der Waals surface area contributed by atoms with E-state index in [-0.39, 0.29) is 24.9 Å². The Balaban J connectivity index is 1.71. The van der Waals surface area contributed by atoms with E-state index in [1.807, 2.05) is 24.3 Å². The second-order valence-corrected chi connectivity index (χ2v) is 8.49. The van der Waals surface area contributed by atoms with Crippen LogP contribution in [0.1, 0.15) is 28.8 Å². The number of methoxy groups -OCH3 is 4. The maximum absolute atomic E-state index is 12.9. The van der Waals surface area contributed by atoms with E-state index in [0.717, 1.165) is 11.1 Å². The van der Waals surface area contributed by atoms with E-state index in [4.69, 9.17) is 29.4 Å². The fourth-order valence-corrected chi connectivity index (χ4v) is 3.89. The van der Waals surface area contributed by atoms with Crippen molar-refractivity contribution in [2.75, 3.05) is 28.4 Å². The molecule has 206 valence electrons. The average molecular weight is 537 g/mol. The van der Waals surface area contributed by atoms with E-state index in [1.165, 1.54) is 21.3 Å². The van der Waals surface area contributed by atoms with Crippen LogP contribution in [0.25, 0.3) is 11.1 Å². The lowest BCUT2D eigenvalue weighted by Gasteiger charge is -2.18. The number of esters is 2. The van der Waals surface area contributed by atoms with Crippen LogP contribution in [0.15, 0.2) is 60.7 Å². The smallest absolute Gasteiger partial charge is 0.345 e. The SMILES string of the molecule is COc1cccc(-c2ccc(C(=O)OC(=O)[C@H](CCC(N)=O)NCc3cc(OC)c(OC)c(OC)c3)cc2)c1. The summed E-state index contributed by atoms with van der Waals surface area (Å²) >= 11 is 0. The molecule has 0 heterocycles. The summed E-state index contributed by atoms with van der Waals surface area (Å²) in [7, 11) is 6.08. The van der Waals surface area contributed by atoms with Gasteiger partial charge < -0.3 is 34.7 Å². The summed E-state index contributed by atoms with van der Waals surface area (Å²) < 4.78 is 26.5. The molecule has 3 aromatic rings. The summed E-state index contributed by atoms with van der Waals surface area (Å²) in [5.74, 6) is -0.197. The molecule has 0 saturated carbocycles. The van der Waals surface area contributed by atoms with E-state index in [2.05, 4.69) is 5.32 Å². The minimum atomic E-state index is -0.975. The molecule has 0 saturated heterocycles. The second-order valence-electron chi connectivity index (χ2n) is 8.49. The standard InChI is InChI=1S/C29H32N2O8/c1-35-22-7-5-6-21(16-22)19-8-10-20(11-9-19)28(33)39-29(34)23(12-13-26(30)32)31-17-18-14-24(36-2)27(38-4)25(15-18)37-3/h5-11,14-16,23,31H,12-13,17H2,1-4H3,(H2,30,32)/t23-/m0/s1. The average Bonchev–Trinajstić information content (AvgIpc) is 2.96. The van der Waals surface area contributed by atoms with Crippen molar-refractivity contribution in [3.8, 4) is 34.1 Å². The molecule has 1 atom stereocenters. The molecular weight excluding hydrogens is 504 g/mol. The van der Waals surface area contributed by atoms with Gasteiger partial charge in [0, 0.05) is 13.0 Å². The molecular formula is C29H32N2O8. The Bertz CT molecular complexity index is 1280. The Labute approximate surface area is 227 Å². The number of carbonyl (C=O) groups excluding carboxylic acids is 3. The van der Waals surface area contributed by atoms with E-state index in [1.54, 1.807) is 43.5 Å². The first kappa shape index (κ1) is 29.0. The van der Waals surface area contributed by atoms with Gasteiger partial charge in [-0.15, -0.1) is 0 Å². The zero-order valence-corrected chi connectivity index (χ0v) is 22.3. The number of nitrogens with two attached hydrogens (primary N) is 1. The number of carbonyl (C=O) groups is 3. The highest BCUT2D eigenvalue weighted by atomic mass is 16.6. The molecule has 0 fully saturated rings. The van der Waals surface area contributed by atoms with Crippen LogP contribution in [-0.4, -0.2) is 52.3 Å². The summed E-state index contributed by atoms with van der Waals surface area (Å²) in [6.45, 7) is 0.179. The number of amides is 1. The predicted octanol–water partition coefficient (Wildman–Crippen LogP) is 3.50. The Kier molecular flexibility index (Phi) is 10.3. The summed E-state index contributed by atoms with van der Waals surface area (Å²) in [4.78, 5) is 37.0. The minimum absolute atomic E-state index is 0.0423. The maximum atomic E-state index is 12.9. The molecule has 0 aromatic heterocycles. The molecule has 10 nitrogen and oxygen atoms in total. The lowest BCUT2D eigenvalue weighted by molar-refractivity contribution is -0.140. The third-order valence-electron chi connectivity index (χ3n) is 5.96. The number of benzene rings is 3. The second kappa shape index (κ2) is 13.8. The molecule has 1 amide bonds. The Hall–Kier alpha value is -4.57. The van der Waals surface area contributed by atoms with E-state index >= 15 is 0 Å². The van der Waals surface area contributed by atoms with Gasteiger partial charge in [-0.05, 0) is 59.5 Å². The molecule has 0 aliphatic rings. The lowest BCUT2D eigenvalue weighted by atomic mass is 10.0. The first-order chi connectivity index (χ1) is 18.8. The quantitative estimate of drug-likeness (QED) is 0.249. The van der Waals surface area contributed by atoms with Crippen LogP contribution < -0.4 is 30.0 Å². The largest absolute Gasteiger partial charge is 0.497 e. The highest BCUT2D eigenvalue weighted by molar-refractivity contribution is 5.98. The fourth-order valence-electron chi connectivity index (χ4n) is 3.89. The third-order valence-corrected chi connectivity index (χ3v) is 5.96. The van der Waals surface area contributed by atoms with Crippen molar-refractivity contribution in [2.45, 2.75) is 25.4 Å². The van der Waals surface area contributed by atoms with Gasteiger partial charge in [-0.1, -0.05) is 24.3 Å². The number of hydrogen-bond acceptors (Lipinski definition) is 9. The van der Waals surface area contributed by atoms with Crippen LogP contribution in [-0.2, 0) is 20.9 Å². The fraction of sp³-hybridized carbons (Fsp3) is 0.276. The zero-order valence-electron chi connectivity index (χ0n) is 22.3. The summed E-state index contributed by atoms with van der Waals surface area (Å²) in [6.07, 6.45) is -0.0356. The topological polar surface area (TPSA) is 135 Å². The molecule has 3 N–H and O–H groups in total. The Morgan fingerprint density at radius 3 is 2.05 bits per heavy atom. The summed E-state index contributed by atoms with van der Waals surface area (Å²) in [5, 5.41) is 3.03. The van der Waals surface area contributed by atoms with Crippen molar-refractivity contribution in [1.29, 1.82) is 0 Å².